The topological polar surface area (TPSA) is 77.6 Å². The molecule has 9 heteroatoms. The van der Waals surface area contributed by atoms with Crippen LogP contribution in [0.2, 0.25) is 5.02 Å². The van der Waals surface area contributed by atoms with Gasteiger partial charge in [0.15, 0.2) is 0 Å². The molecule has 4 rings (SSSR count). The maximum absolute atomic E-state index is 12.9. The van der Waals surface area contributed by atoms with Crippen molar-refractivity contribution in [2.45, 2.75) is 51.9 Å². The van der Waals surface area contributed by atoms with Crippen LogP contribution in [0.4, 0.5) is 10.5 Å². The molecule has 0 unspecified atom stereocenters. The second-order valence-electron chi connectivity index (χ2n) is 9.29. The lowest BCUT2D eigenvalue weighted by Gasteiger charge is -2.32. The number of thiazole rings is 1. The van der Waals surface area contributed by atoms with Crippen molar-refractivity contribution in [2.24, 2.45) is 0 Å². The van der Waals surface area contributed by atoms with Gasteiger partial charge in [0.1, 0.15) is 10.7 Å². The molecule has 190 valence electrons. The Balaban J connectivity index is 1.27. The minimum atomic E-state index is -0.226. The van der Waals surface area contributed by atoms with E-state index in [4.69, 9.17) is 11.6 Å². The lowest BCUT2D eigenvalue weighted by atomic mass is 10.0. The Kier molecular flexibility index (Phi) is 8.96. The Bertz CT molecular complexity index is 1140. The van der Waals surface area contributed by atoms with Crippen LogP contribution in [0.15, 0.2) is 60.0 Å². The molecule has 1 aliphatic rings. The standard InChI is InChI=1S/C27H32ClN5O2S/c1-19(2)33(27(35)30-22-10-8-21(28)9-11-22)17-25-31-24(18-36-25)26(34)29-23-12-14-32(15-13-23)16-20-6-4-3-5-7-20/h3-11,18-19,23H,12-17H2,1-2H3,(H,29,34)(H,30,35). The van der Waals surface area contributed by atoms with Crippen molar-refractivity contribution in [3.05, 3.63) is 81.3 Å². The number of aromatic nitrogens is 1. The fourth-order valence-corrected chi connectivity index (χ4v) is 5.09. The number of urea groups is 1. The summed E-state index contributed by atoms with van der Waals surface area (Å²) in [5.74, 6) is -0.152. The summed E-state index contributed by atoms with van der Waals surface area (Å²) in [7, 11) is 0. The number of halogens is 1. The third-order valence-corrected chi connectivity index (χ3v) is 7.33. The Hall–Kier alpha value is -2.94. The monoisotopic (exact) mass is 525 g/mol. The molecule has 0 aliphatic carbocycles. The van der Waals surface area contributed by atoms with Gasteiger partial charge in [0.2, 0.25) is 0 Å². The fraction of sp³-hybridized carbons (Fsp3) is 0.370. The maximum Gasteiger partial charge on any atom is 0.322 e. The Morgan fingerprint density at radius 1 is 1.11 bits per heavy atom. The highest BCUT2D eigenvalue weighted by molar-refractivity contribution is 7.09. The first-order valence-corrected chi connectivity index (χ1v) is 13.5. The van der Waals surface area contributed by atoms with Gasteiger partial charge in [0.25, 0.3) is 5.91 Å². The first-order valence-electron chi connectivity index (χ1n) is 12.2. The predicted octanol–water partition coefficient (Wildman–Crippen LogP) is 5.63. The molecule has 0 bridgehead atoms. The highest BCUT2D eigenvalue weighted by Gasteiger charge is 2.23. The number of nitrogens with zero attached hydrogens (tertiary/aromatic N) is 3. The van der Waals surface area contributed by atoms with Crippen LogP contribution in [-0.2, 0) is 13.1 Å². The minimum absolute atomic E-state index is 0.0421. The number of benzene rings is 2. The molecule has 1 aromatic heterocycles. The van der Waals surface area contributed by atoms with Gasteiger partial charge in [-0.15, -0.1) is 11.3 Å². The van der Waals surface area contributed by atoms with Gasteiger partial charge in [-0.25, -0.2) is 9.78 Å². The molecule has 0 radical (unpaired) electrons. The molecule has 3 amide bonds. The number of hydrogen-bond acceptors (Lipinski definition) is 5. The number of likely N-dealkylation sites (tertiary alicyclic amines) is 1. The smallest absolute Gasteiger partial charge is 0.322 e. The Morgan fingerprint density at radius 3 is 2.47 bits per heavy atom. The minimum Gasteiger partial charge on any atom is -0.348 e. The van der Waals surface area contributed by atoms with Gasteiger partial charge in [-0.05, 0) is 56.5 Å². The van der Waals surface area contributed by atoms with Gasteiger partial charge in [0.05, 0.1) is 6.54 Å². The van der Waals surface area contributed by atoms with E-state index in [2.05, 4.69) is 44.8 Å². The van der Waals surface area contributed by atoms with E-state index in [1.165, 1.54) is 16.9 Å². The molecule has 1 aliphatic heterocycles. The van der Waals surface area contributed by atoms with Gasteiger partial charge in [0, 0.05) is 47.8 Å². The Morgan fingerprint density at radius 2 is 1.81 bits per heavy atom. The SMILES string of the molecule is CC(C)N(Cc1nc(C(=O)NC2CCN(Cc3ccccc3)CC2)cs1)C(=O)Nc1ccc(Cl)cc1. The van der Waals surface area contributed by atoms with Crippen LogP contribution < -0.4 is 10.6 Å². The van der Waals surface area contributed by atoms with Gasteiger partial charge in [-0.1, -0.05) is 41.9 Å². The second-order valence-corrected chi connectivity index (χ2v) is 10.7. The van der Waals surface area contributed by atoms with Crippen LogP contribution >= 0.6 is 22.9 Å². The van der Waals surface area contributed by atoms with E-state index in [0.29, 0.717) is 22.9 Å². The third kappa shape index (κ3) is 7.29. The molecule has 2 aromatic carbocycles. The lowest BCUT2D eigenvalue weighted by molar-refractivity contribution is 0.0904. The van der Waals surface area contributed by atoms with Crippen LogP contribution in [0.1, 0.15) is 47.7 Å². The Labute approximate surface area is 221 Å². The predicted molar refractivity (Wildman–Crippen MR) is 145 cm³/mol. The lowest BCUT2D eigenvalue weighted by Crippen LogP contribution is -2.44. The summed E-state index contributed by atoms with van der Waals surface area (Å²) < 4.78 is 0. The largest absolute Gasteiger partial charge is 0.348 e. The van der Waals surface area contributed by atoms with E-state index < -0.39 is 0 Å². The average molecular weight is 526 g/mol. The molecule has 0 atom stereocenters. The molecule has 2 heterocycles. The molecular weight excluding hydrogens is 494 g/mol. The first-order chi connectivity index (χ1) is 17.4. The van der Waals surface area contributed by atoms with Crippen molar-refractivity contribution < 1.29 is 9.59 Å². The van der Waals surface area contributed by atoms with Crippen molar-refractivity contribution in [1.82, 2.24) is 20.1 Å². The van der Waals surface area contributed by atoms with Crippen LogP contribution in [0.25, 0.3) is 0 Å². The summed E-state index contributed by atoms with van der Waals surface area (Å²) in [5, 5.41) is 9.14. The number of amides is 3. The number of hydrogen-bond donors (Lipinski definition) is 2. The number of piperidine rings is 1. The summed E-state index contributed by atoms with van der Waals surface area (Å²) in [5.41, 5.74) is 2.39. The van der Waals surface area contributed by atoms with Crippen molar-refractivity contribution >= 4 is 40.6 Å². The van der Waals surface area contributed by atoms with Gasteiger partial charge in [-0.3, -0.25) is 9.69 Å². The number of carbonyl (C=O) groups excluding carboxylic acids is 2. The molecule has 3 aromatic rings. The molecule has 1 saturated heterocycles. The summed E-state index contributed by atoms with van der Waals surface area (Å²) in [4.78, 5) is 34.3. The van der Waals surface area contributed by atoms with E-state index in [1.54, 1.807) is 34.5 Å². The quantitative estimate of drug-likeness (QED) is 0.399. The molecule has 0 spiro atoms. The summed E-state index contributed by atoms with van der Waals surface area (Å²) in [6.07, 6.45) is 1.84. The van der Waals surface area contributed by atoms with Crippen LogP contribution in [0.3, 0.4) is 0 Å². The molecule has 1 fully saturated rings. The van der Waals surface area contributed by atoms with E-state index in [0.717, 1.165) is 37.5 Å². The normalized spacial score (nSPS) is 14.6. The first kappa shape index (κ1) is 26.1. The molecule has 0 saturated carbocycles. The zero-order valence-corrected chi connectivity index (χ0v) is 22.2. The van der Waals surface area contributed by atoms with Crippen LogP contribution in [0.5, 0.6) is 0 Å². The van der Waals surface area contributed by atoms with Crippen molar-refractivity contribution in [1.29, 1.82) is 0 Å². The second kappa shape index (κ2) is 12.3. The van der Waals surface area contributed by atoms with E-state index >= 15 is 0 Å². The number of nitrogens with one attached hydrogen (secondary N) is 2. The summed E-state index contributed by atoms with van der Waals surface area (Å²) in [6.45, 7) is 7.07. The van der Waals surface area contributed by atoms with Crippen molar-refractivity contribution in [3.63, 3.8) is 0 Å². The molecule has 36 heavy (non-hydrogen) atoms. The summed E-state index contributed by atoms with van der Waals surface area (Å²) in [6, 6.07) is 17.3. The molecule has 2 N–H and O–H groups in total. The average Bonchev–Trinajstić information content (AvgIpc) is 3.34. The van der Waals surface area contributed by atoms with Gasteiger partial charge in [-0.2, -0.15) is 0 Å². The van der Waals surface area contributed by atoms with Crippen molar-refractivity contribution in [3.8, 4) is 0 Å². The zero-order chi connectivity index (χ0) is 25.5. The highest BCUT2D eigenvalue weighted by Crippen LogP contribution is 2.19. The van der Waals surface area contributed by atoms with E-state index in [9.17, 15) is 9.59 Å². The van der Waals surface area contributed by atoms with Gasteiger partial charge < -0.3 is 15.5 Å². The van der Waals surface area contributed by atoms with Crippen LogP contribution in [-0.4, -0.2) is 51.9 Å². The zero-order valence-electron chi connectivity index (χ0n) is 20.6. The number of anilines is 1. The fourth-order valence-electron chi connectivity index (χ4n) is 4.19. The van der Waals surface area contributed by atoms with Gasteiger partial charge >= 0.3 is 6.03 Å². The maximum atomic E-state index is 12.9. The number of rotatable bonds is 8. The molecular formula is C27H32ClN5O2S. The third-order valence-electron chi connectivity index (χ3n) is 6.24. The molecule has 7 nitrogen and oxygen atoms in total. The van der Waals surface area contributed by atoms with E-state index in [-0.39, 0.29) is 24.0 Å². The van der Waals surface area contributed by atoms with Crippen molar-refractivity contribution in [2.75, 3.05) is 18.4 Å². The van der Waals surface area contributed by atoms with E-state index in [1.807, 2.05) is 19.9 Å². The summed E-state index contributed by atoms with van der Waals surface area (Å²) >= 11 is 7.32. The number of carbonyl (C=O) groups is 2. The van der Waals surface area contributed by atoms with Crippen LogP contribution in [0, 0.1) is 0 Å². The highest BCUT2D eigenvalue weighted by atomic mass is 35.5.